The third kappa shape index (κ3) is 3.24. The predicted octanol–water partition coefficient (Wildman–Crippen LogP) is 2.43. The molecule has 0 fully saturated rings. The van der Waals surface area contributed by atoms with Gasteiger partial charge in [0.2, 0.25) is 0 Å². The number of amides is 2. The summed E-state index contributed by atoms with van der Waals surface area (Å²) in [5.74, 6) is -0.762. The number of fused-ring (bicyclic) bond motifs is 1. The molecule has 2 rings (SSSR count). The van der Waals surface area contributed by atoms with Crippen molar-refractivity contribution in [2.45, 2.75) is 20.8 Å². The Balaban J connectivity index is 2.13. The second kappa shape index (κ2) is 6.56. The quantitative estimate of drug-likeness (QED) is 0.476. The van der Waals surface area contributed by atoms with E-state index in [0.717, 1.165) is 5.57 Å². The molecule has 1 aromatic rings. The lowest BCUT2D eigenvalue weighted by Gasteiger charge is -2.15. The van der Waals surface area contributed by atoms with Crippen LogP contribution in [0.2, 0.25) is 0 Å². The van der Waals surface area contributed by atoms with Crippen LogP contribution >= 0.6 is 0 Å². The molecular weight excluding hydrogens is 282 g/mol. The summed E-state index contributed by atoms with van der Waals surface area (Å²) in [4.78, 5) is 36.6. The summed E-state index contributed by atoms with van der Waals surface area (Å²) in [7, 11) is 0. The molecule has 1 aromatic carbocycles. The Morgan fingerprint density at radius 2 is 1.73 bits per heavy atom. The van der Waals surface area contributed by atoms with Crippen LogP contribution in [0.25, 0.3) is 0 Å². The molecule has 0 aliphatic carbocycles. The highest BCUT2D eigenvalue weighted by atomic mass is 16.5. The lowest BCUT2D eigenvalue weighted by Crippen LogP contribution is -2.30. The number of nitrogens with zero attached hydrogens (tertiary/aromatic N) is 1. The number of hydrogen-bond acceptors (Lipinski definition) is 4. The molecule has 0 spiro atoms. The number of hydrogen-bond donors (Lipinski definition) is 0. The Hall–Kier alpha value is -2.43. The van der Waals surface area contributed by atoms with Crippen molar-refractivity contribution in [2.24, 2.45) is 5.92 Å². The van der Waals surface area contributed by atoms with E-state index < -0.39 is 0 Å². The summed E-state index contributed by atoms with van der Waals surface area (Å²) >= 11 is 0. The fourth-order valence-electron chi connectivity index (χ4n) is 2.26. The molecule has 5 nitrogen and oxygen atoms in total. The minimum Gasteiger partial charge on any atom is -0.461 e. The van der Waals surface area contributed by atoms with Crippen molar-refractivity contribution < 1.29 is 19.1 Å². The molecule has 0 saturated carbocycles. The summed E-state index contributed by atoms with van der Waals surface area (Å²) in [6.07, 6.45) is 1.79. The van der Waals surface area contributed by atoms with E-state index in [1.165, 1.54) is 11.8 Å². The van der Waals surface area contributed by atoms with Crippen LogP contribution in [0.4, 0.5) is 0 Å². The van der Waals surface area contributed by atoms with Gasteiger partial charge >= 0.3 is 5.97 Å². The average Bonchev–Trinajstić information content (AvgIpc) is 2.71. The molecule has 0 N–H and O–H groups in total. The van der Waals surface area contributed by atoms with E-state index in [-0.39, 0.29) is 36.9 Å². The van der Waals surface area contributed by atoms with Gasteiger partial charge in [-0.25, -0.2) is 0 Å². The Labute approximate surface area is 129 Å². The Morgan fingerprint density at radius 1 is 1.18 bits per heavy atom. The van der Waals surface area contributed by atoms with Gasteiger partial charge in [0.15, 0.2) is 0 Å². The van der Waals surface area contributed by atoms with Crippen LogP contribution in [0.1, 0.15) is 41.5 Å². The van der Waals surface area contributed by atoms with Gasteiger partial charge in [-0.05, 0) is 23.6 Å². The fourth-order valence-corrected chi connectivity index (χ4v) is 2.26. The number of carbonyl (C=O) groups excluding carboxylic acids is 3. The molecule has 0 aromatic heterocycles. The van der Waals surface area contributed by atoms with E-state index in [2.05, 4.69) is 0 Å². The van der Waals surface area contributed by atoms with Crippen LogP contribution < -0.4 is 0 Å². The van der Waals surface area contributed by atoms with Gasteiger partial charge in [0.1, 0.15) is 6.61 Å². The zero-order chi connectivity index (χ0) is 16.3. The van der Waals surface area contributed by atoms with Crippen LogP contribution in [-0.4, -0.2) is 35.8 Å². The minimum absolute atomic E-state index is 0.162. The normalized spacial score (nSPS) is 14.5. The third-order valence-electron chi connectivity index (χ3n) is 3.60. The third-order valence-corrected chi connectivity index (χ3v) is 3.60. The van der Waals surface area contributed by atoms with Crippen LogP contribution in [-0.2, 0) is 9.53 Å². The highest BCUT2D eigenvalue weighted by molar-refractivity contribution is 6.21. The van der Waals surface area contributed by atoms with Gasteiger partial charge in [0, 0.05) is 13.5 Å². The summed E-state index contributed by atoms with van der Waals surface area (Å²) in [6, 6.07) is 6.79. The summed E-state index contributed by atoms with van der Waals surface area (Å²) in [6.45, 7) is 5.65. The number of ether oxygens (including phenoxy) is 1. The van der Waals surface area contributed by atoms with Gasteiger partial charge in [-0.3, -0.25) is 19.3 Å². The van der Waals surface area contributed by atoms with Crippen molar-refractivity contribution in [1.82, 2.24) is 4.90 Å². The van der Waals surface area contributed by atoms with Crippen molar-refractivity contribution >= 4 is 17.8 Å². The van der Waals surface area contributed by atoms with Crippen LogP contribution in [0, 0.1) is 5.92 Å². The van der Waals surface area contributed by atoms with E-state index in [9.17, 15) is 14.4 Å². The molecule has 1 aliphatic rings. The van der Waals surface area contributed by atoms with Crippen molar-refractivity contribution in [3.05, 3.63) is 47.0 Å². The van der Waals surface area contributed by atoms with Gasteiger partial charge in [-0.1, -0.05) is 32.1 Å². The number of carbonyl (C=O) groups is 3. The lowest BCUT2D eigenvalue weighted by atomic mass is 10.0. The van der Waals surface area contributed by atoms with Crippen molar-refractivity contribution in [2.75, 3.05) is 13.2 Å². The molecule has 1 aliphatic heterocycles. The molecule has 1 heterocycles. The highest BCUT2D eigenvalue weighted by Gasteiger charge is 2.34. The smallest absolute Gasteiger partial charge is 0.302 e. The minimum atomic E-state index is -0.354. The first-order chi connectivity index (χ1) is 10.4. The van der Waals surface area contributed by atoms with E-state index in [1.54, 1.807) is 30.3 Å². The van der Waals surface area contributed by atoms with Gasteiger partial charge in [0.05, 0.1) is 11.1 Å². The van der Waals surface area contributed by atoms with Crippen molar-refractivity contribution in [3.63, 3.8) is 0 Å². The van der Waals surface area contributed by atoms with E-state index in [0.29, 0.717) is 11.1 Å². The monoisotopic (exact) mass is 301 g/mol. The first-order valence-electron chi connectivity index (χ1n) is 7.19. The maximum absolute atomic E-state index is 12.2. The second-order valence-corrected chi connectivity index (χ2v) is 5.48. The first-order valence-corrected chi connectivity index (χ1v) is 7.19. The summed E-state index contributed by atoms with van der Waals surface area (Å²) in [5.41, 5.74) is 1.76. The molecule has 5 heteroatoms. The molecule has 0 radical (unpaired) electrons. The van der Waals surface area contributed by atoms with Gasteiger partial charge in [-0.15, -0.1) is 0 Å². The van der Waals surface area contributed by atoms with Crippen molar-refractivity contribution in [1.29, 1.82) is 0 Å². The lowest BCUT2D eigenvalue weighted by molar-refractivity contribution is -0.140. The largest absolute Gasteiger partial charge is 0.461 e. The number of rotatable bonds is 5. The maximum Gasteiger partial charge on any atom is 0.302 e. The number of benzene rings is 1. The zero-order valence-corrected chi connectivity index (χ0v) is 13.0. The molecular formula is C17H19NO4. The maximum atomic E-state index is 12.2. The Morgan fingerprint density at radius 3 is 2.18 bits per heavy atom. The summed E-state index contributed by atoms with van der Waals surface area (Å²) in [5, 5.41) is 0. The van der Waals surface area contributed by atoms with Crippen LogP contribution in [0.5, 0.6) is 0 Å². The fraction of sp³-hybridized carbons (Fsp3) is 0.353. The topological polar surface area (TPSA) is 63.7 Å². The standard InChI is InChI=1S/C17H19NO4/c1-11(2)13(10-22-12(3)19)8-9-18-16(20)14-6-4-5-7-15(14)17(18)21/h4-8,11H,9-10H2,1-3H3/b13-8-. The zero-order valence-electron chi connectivity index (χ0n) is 13.0. The van der Waals surface area contributed by atoms with Crippen molar-refractivity contribution in [3.8, 4) is 0 Å². The summed E-state index contributed by atoms with van der Waals surface area (Å²) < 4.78 is 5.00. The number of esters is 1. The average molecular weight is 301 g/mol. The molecule has 0 saturated heterocycles. The second-order valence-electron chi connectivity index (χ2n) is 5.48. The van der Waals surface area contributed by atoms with Crippen LogP contribution in [0.15, 0.2) is 35.9 Å². The Kier molecular flexibility index (Phi) is 4.75. The SMILES string of the molecule is CC(=O)OC/C(=C/CN1C(=O)c2ccccc2C1=O)C(C)C. The molecule has 0 unspecified atom stereocenters. The van der Waals surface area contributed by atoms with Gasteiger partial charge in [0.25, 0.3) is 11.8 Å². The molecule has 2 amide bonds. The molecule has 0 bridgehead atoms. The predicted molar refractivity (Wildman–Crippen MR) is 81.4 cm³/mol. The molecule has 22 heavy (non-hydrogen) atoms. The highest BCUT2D eigenvalue weighted by Crippen LogP contribution is 2.22. The molecule has 0 atom stereocenters. The number of imide groups is 1. The van der Waals surface area contributed by atoms with Crippen LogP contribution in [0.3, 0.4) is 0 Å². The molecule has 116 valence electrons. The first kappa shape index (κ1) is 15.9. The van der Waals surface area contributed by atoms with Gasteiger partial charge < -0.3 is 4.74 Å². The van der Waals surface area contributed by atoms with E-state index in [4.69, 9.17) is 4.74 Å². The van der Waals surface area contributed by atoms with E-state index >= 15 is 0 Å². The van der Waals surface area contributed by atoms with Gasteiger partial charge in [-0.2, -0.15) is 0 Å². The Bertz CT molecular complexity index is 611. The van der Waals surface area contributed by atoms with E-state index in [1.807, 2.05) is 13.8 Å².